The molecule has 0 bridgehead atoms. The van der Waals surface area contributed by atoms with Crippen LogP contribution in [0.3, 0.4) is 0 Å². The highest BCUT2D eigenvalue weighted by Crippen LogP contribution is 2.29. The van der Waals surface area contributed by atoms with Gasteiger partial charge in [0, 0.05) is 24.2 Å². The van der Waals surface area contributed by atoms with Crippen LogP contribution in [0.25, 0.3) is 16.6 Å². The fourth-order valence-corrected chi connectivity index (χ4v) is 2.32. The average molecular weight is 306 g/mol. The number of ether oxygens (including phenoxy) is 1. The summed E-state index contributed by atoms with van der Waals surface area (Å²) in [6.07, 6.45) is 6.68. The van der Waals surface area contributed by atoms with E-state index in [0.717, 1.165) is 11.1 Å². The monoisotopic (exact) mass is 306 g/mol. The molecule has 0 fully saturated rings. The average Bonchev–Trinajstić information content (AvgIpc) is 3.03. The van der Waals surface area contributed by atoms with Gasteiger partial charge in [0.1, 0.15) is 11.8 Å². The number of para-hydroxylation sites is 1. The molecule has 3 aromatic heterocycles. The van der Waals surface area contributed by atoms with Crippen LogP contribution in [0.5, 0.6) is 11.6 Å². The third-order valence-electron chi connectivity index (χ3n) is 3.43. The molecule has 6 heteroatoms. The molecular formula is C17H11FN4O. The van der Waals surface area contributed by atoms with Gasteiger partial charge in [-0.1, -0.05) is 12.1 Å². The van der Waals surface area contributed by atoms with Crippen LogP contribution < -0.4 is 4.74 Å². The van der Waals surface area contributed by atoms with Gasteiger partial charge in [0.05, 0.1) is 0 Å². The molecule has 4 aromatic rings. The van der Waals surface area contributed by atoms with Crippen molar-refractivity contribution in [2.75, 3.05) is 0 Å². The number of fused-ring (bicyclic) bond motifs is 1. The predicted octanol–water partition coefficient (Wildman–Crippen LogP) is 3.72. The molecule has 0 N–H and O–H groups in total. The lowest BCUT2D eigenvalue weighted by molar-refractivity contribution is 0.428. The first-order valence-corrected chi connectivity index (χ1v) is 6.97. The normalized spacial score (nSPS) is 10.8. The van der Waals surface area contributed by atoms with Gasteiger partial charge in [-0.25, -0.2) is 8.91 Å². The predicted molar refractivity (Wildman–Crippen MR) is 82.7 cm³/mol. The molecule has 3 heterocycles. The molecule has 23 heavy (non-hydrogen) atoms. The van der Waals surface area contributed by atoms with Crippen molar-refractivity contribution in [2.24, 2.45) is 0 Å². The summed E-state index contributed by atoms with van der Waals surface area (Å²) >= 11 is 0. The van der Waals surface area contributed by atoms with Gasteiger partial charge in [-0.15, -0.1) is 0 Å². The van der Waals surface area contributed by atoms with Crippen LogP contribution >= 0.6 is 0 Å². The number of halogens is 1. The molecule has 0 atom stereocenters. The lowest BCUT2D eigenvalue weighted by Gasteiger charge is -2.06. The lowest BCUT2D eigenvalue weighted by atomic mass is 10.1. The third-order valence-corrected chi connectivity index (χ3v) is 3.43. The van der Waals surface area contributed by atoms with Crippen molar-refractivity contribution in [3.8, 4) is 22.8 Å². The molecule has 0 aliphatic carbocycles. The van der Waals surface area contributed by atoms with Crippen molar-refractivity contribution in [1.29, 1.82) is 0 Å². The molecule has 0 radical (unpaired) electrons. The lowest BCUT2D eigenvalue weighted by Crippen LogP contribution is -1.96. The molecule has 112 valence electrons. The summed E-state index contributed by atoms with van der Waals surface area (Å²) in [5, 5.41) is 4.17. The summed E-state index contributed by atoms with van der Waals surface area (Å²) < 4.78 is 21.0. The van der Waals surface area contributed by atoms with E-state index >= 15 is 0 Å². The summed E-state index contributed by atoms with van der Waals surface area (Å²) in [5.74, 6) is -0.0182. The maximum atomic E-state index is 13.8. The first-order chi connectivity index (χ1) is 11.3. The highest BCUT2D eigenvalue weighted by atomic mass is 19.1. The summed E-state index contributed by atoms with van der Waals surface area (Å²) in [7, 11) is 0. The third kappa shape index (κ3) is 2.50. The van der Waals surface area contributed by atoms with Crippen molar-refractivity contribution < 1.29 is 9.13 Å². The Hall–Kier alpha value is -3.28. The highest BCUT2D eigenvalue weighted by Gasteiger charge is 2.12. The van der Waals surface area contributed by atoms with Gasteiger partial charge in [0.25, 0.3) is 0 Å². The van der Waals surface area contributed by atoms with E-state index < -0.39 is 5.82 Å². The van der Waals surface area contributed by atoms with Gasteiger partial charge in [0.15, 0.2) is 11.6 Å². The number of benzene rings is 1. The maximum absolute atomic E-state index is 13.8. The van der Waals surface area contributed by atoms with E-state index in [9.17, 15) is 4.39 Å². The zero-order chi connectivity index (χ0) is 15.6. The molecule has 1 aromatic carbocycles. The Morgan fingerprint density at radius 3 is 2.65 bits per heavy atom. The number of nitrogens with zero attached hydrogens (tertiary/aromatic N) is 4. The second-order valence-electron chi connectivity index (χ2n) is 4.89. The zero-order valence-corrected chi connectivity index (χ0v) is 11.9. The van der Waals surface area contributed by atoms with Gasteiger partial charge in [-0.3, -0.25) is 4.98 Å². The largest absolute Gasteiger partial charge is 0.434 e. The SMILES string of the molecule is Fc1ccccc1Oc1ncnn2cc(-c3ccncc3)cc12. The van der Waals surface area contributed by atoms with Gasteiger partial charge in [-0.2, -0.15) is 10.1 Å². The van der Waals surface area contributed by atoms with E-state index in [2.05, 4.69) is 15.1 Å². The van der Waals surface area contributed by atoms with Gasteiger partial charge in [0.2, 0.25) is 5.88 Å². The molecule has 0 aliphatic heterocycles. The summed E-state index contributed by atoms with van der Waals surface area (Å²) in [4.78, 5) is 8.12. The quantitative estimate of drug-likeness (QED) is 0.579. The second kappa shape index (κ2) is 5.49. The van der Waals surface area contributed by atoms with Crippen molar-refractivity contribution in [1.82, 2.24) is 19.6 Å². The number of aromatic nitrogens is 4. The van der Waals surface area contributed by atoms with Gasteiger partial charge >= 0.3 is 0 Å². The standard InChI is InChI=1S/C17H11FN4O/c18-14-3-1-2-4-16(14)23-17-15-9-13(10-22(15)21-11-20-17)12-5-7-19-8-6-12/h1-11H. The summed E-state index contributed by atoms with van der Waals surface area (Å²) in [6.45, 7) is 0. The topological polar surface area (TPSA) is 52.3 Å². The summed E-state index contributed by atoms with van der Waals surface area (Å²) in [5.41, 5.74) is 2.61. The Morgan fingerprint density at radius 2 is 1.83 bits per heavy atom. The van der Waals surface area contributed by atoms with Crippen LogP contribution in [-0.4, -0.2) is 19.6 Å². The first kappa shape index (κ1) is 13.4. The van der Waals surface area contributed by atoms with Crippen molar-refractivity contribution >= 4 is 5.52 Å². The fraction of sp³-hybridized carbons (Fsp3) is 0. The Morgan fingerprint density at radius 1 is 1.00 bits per heavy atom. The van der Waals surface area contributed by atoms with Crippen LogP contribution in [0.2, 0.25) is 0 Å². The van der Waals surface area contributed by atoms with Crippen molar-refractivity contribution in [3.63, 3.8) is 0 Å². The number of hydrogen-bond donors (Lipinski definition) is 0. The summed E-state index contributed by atoms with van der Waals surface area (Å²) in [6, 6.07) is 11.9. The molecule has 0 unspecified atom stereocenters. The van der Waals surface area contributed by atoms with E-state index in [1.54, 1.807) is 35.1 Å². The van der Waals surface area contributed by atoms with Crippen molar-refractivity contribution in [3.05, 3.63) is 73.2 Å². The van der Waals surface area contributed by atoms with Crippen LogP contribution in [0.1, 0.15) is 0 Å². The second-order valence-corrected chi connectivity index (χ2v) is 4.89. The smallest absolute Gasteiger partial charge is 0.247 e. The van der Waals surface area contributed by atoms with Gasteiger partial charge in [-0.05, 0) is 35.9 Å². The van der Waals surface area contributed by atoms with E-state index in [-0.39, 0.29) is 5.75 Å². The maximum Gasteiger partial charge on any atom is 0.247 e. The Kier molecular flexibility index (Phi) is 3.20. The van der Waals surface area contributed by atoms with Crippen LogP contribution in [0.15, 0.2) is 67.4 Å². The van der Waals surface area contributed by atoms with Crippen LogP contribution in [0, 0.1) is 5.82 Å². The van der Waals surface area contributed by atoms with E-state index in [1.807, 2.05) is 24.4 Å². The minimum absolute atomic E-state index is 0.125. The van der Waals surface area contributed by atoms with Gasteiger partial charge < -0.3 is 4.74 Å². The van der Waals surface area contributed by atoms with Crippen LogP contribution in [0.4, 0.5) is 4.39 Å². The molecule has 0 aliphatic rings. The fourth-order valence-electron chi connectivity index (χ4n) is 2.32. The minimum atomic E-state index is -0.440. The Bertz CT molecular complexity index is 969. The minimum Gasteiger partial charge on any atom is -0.434 e. The Balaban J connectivity index is 1.79. The van der Waals surface area contributed by atoms with Crippen molar-refractivity contribution in [2.45, 2.75) is 0 Å². The number of rotatable bonds is 3. The van der Waals surface area contributed by atoms with Crippen LogP contribution in [-0.2, 0) is 0 Å². The molecule has 0 spiro atoms. The molecule has 5 nitrogen and oxygen atoms in total. The molecule has 0 saturated heterocycles. The molecular weight excluding hydrogens is 295 g/mol. The first-order valence-electron chi connectivity index (χ1n) is 6.97. The zero-order valence-electron chi connectivity index (χ0n) is 11.9. The Labute approximate surface area is 131 Å². The molecule has 4 rings (SSSR count). The molecule has 0 amide bonds. The number of hydrogen-bond acceptors (Lipinski definition) is 4. The highest BCUT2D eigenvalue weighted by molar-refractivity contribution is 5.72. The molecule has 0 saturated carbocycles. The van der Waals surface area contributed by atoms with E-state index in [4.69, 9.17) is 4.74 Å². The van der Waals surface area contributed by atoms with E-state index in [0.29, 0.717) is 11.4 Å². The van der Waals surface area contributed by atoms with E-state index in [1.165, 1.54) is 12.4 Å². The number of pyridine rings is 1.